The van der Waals surface area contributed by atoms with Crippen molar-refractivity contribution in [2.45, 2.75) is 13.0 Å². The number of benzene rings is 2. The summed E-state index contributed by atoms with van der Waals surface area (Å²) in [6, 6.07) is 16.1. The third kappa shape index (κ3) is 3.41. The van der Waals surface area contributed by atoms with E-state index in [2.05, 4.69) is 35.0 Å². The largest absolute Gasteiger partial charge is 0.481 e. The number of aliphatic carboxylic acids is 1. The van der Waals surface area contributed by atoms with Crippen LogP contribution in [0.25, 0.3) is 10.1 Å². The lowest BCUT2D eigenvalue weighted by Gasteiger charge is -2.07. The maximum Gasteiger partial charge on any atom is 0.307 e. The van der Waals surface area contributed by atoms with E-state index in [1.54, 1.807) is 11.3 Å². The normalized spacial score (nSPS) is 10.7. The Morgan fingerprint density at radius 2 is 1.81 bits per heavy atom. The first kappa shape index (κ1) is 13.6. The molecule has 0 unspecified atom stereocenters. The van der Waals surface area contributed by atoms with Gasteiger partial charge in [-0.3, -0.25) is 4.79 Å². The fraction of sp³-hybridized carbons (Fsp3) is 0.118. The van der Waals surface area contributed by atoms with Crippen LogP contribution in [-0.2, 0) is 17.8 Å². The summed E-state index contributed by atoms with van der Waals surface area (Å²) < 4.78 is 1.29. The molecule has 106 valence electrons. The molecule has 1 heterocycles. The number of nitrogens with one attached hydrogen (secondary N) is 1. The van der Waals surface area contributed by atoms with Crippen LogP contribution in [0.5, 0.6) is 0 Å². The maximum absolute atomic E-state index is 10.6. The minimum Gasteiger partial charge on any atom is -0.481 e. The van der Waals surface area contributed by atoms with Crippen LogP contribution in [0, 0.1) is 0 Å². The Hall–Kier alpha value is -2.33. The van der Waals surface area contributed by atoms with Gasteiger partial charge in [0, 0.05) is 16.9 Å². The second kappa shape index (κ2) is 5.97. The van der Waals surface area contributed by atoms with Gasteiger partial charge in [0.1, 0.15) is 0 Å². The van der Waals surface area contributed by atoms with Crippen LogP contribution < -0.4 is 5.32 Å². The maximum atomic E-state index is 10.6. The molecule has 4 heteroatoms. The van der Waals surface area contributed by atoms with Gasteiger partial charge >= 0.3 is 5.97 Å². The summed E-state index contributed by atoms with van der Waals surface area (Å²) in [4.78, 5) is 10.6. The fourth-order valence-electron chi connectivity index (χ4n) is 2.23. The Morgan fingerprint density at radius 3 is 2.57 bits per heavy atom. The first-order chi connectivity index (χ1) is 10.2. The first-order valence-electron chi connectivity index (χ1n) is 6.71. The minimum absolute atomic E-state index is 0.0720. The predicted molar refractivity (Wildman–Crippen MR) is 86.9 cm³/mol. The zero-order chi connectivity index (χ0) is 14.7. The number of fused-ring (bicyclic) bond motifs is 1. The summed E-state index contributed by atoms with van der Waals surface area (Å²) in [6.07, 6.45) is 0.0720. The van der Waals surface area contributed by atoms with E-state index in [-0.39, 0.29) is 6.42 Å². The molecule has 3 rings (SSSR count). The Kier molecular flexibility index (Phi) is 3.88. The van der Waals surface area contributed by atoms with E-state index in [4.69, 9.17) is 5.11 Å². The van der Waals surface area contributed by atoms with Crippen molar-refractivity contribution in [3.05, 3.63) is 65.0 Å². The van der Waals surface area contributed by atoms with E-state index in [0.29, 0.717) is 0 Å². The van der Waals surface area contributed by atoms with Crippen molar-refractivity contribution in [3.8, 4) is 0 Å². The van der Waals surface area contributed by atoms with Crippen molar-refractivity contribution in [3.63, 3.8) is 0 Å². The third-order valence-electron chi connectivity index (χ3n) is 3.33. The Labute approximate surface area is 126 Å². The molecule has 0 amide bonds. The molecule has 0 atom stereocenters. The van der Waals surface area contributed by atoms with Gasteiger partial charge in [0.05, 0.1) is 6.42 Å². The molecule has 0 saturated carbocycles. The number of carbonyl (C=O) groups is 1. The number of carboxylic acids is 1. The zero-order valence-corrected chi connectivity index (χ0v) is 12.2. The second-order valence-electron chi connectivity index (χ2n) is 4.91. The van der Waals surface area contributed by atoms with E-state index in [9.17, 15) is 4.79 Å². The summed E-state index contributed by atoms with van der Waals surface area (Å²) in [7, 11) is 0. The van der Waals surface area contributed by atoms with Crippen molar-refractivity contribution >= 4 is 33.1 Å². The molecule has 0 fully saturated rings. The lowest BCUT2D eigenvalue weighted by Crippen LogP contribution is -2.02. The molecular formula is C17H15NO2S. The molecule has 0 aliphatic carbocycles. The number of hydrogen-bond acceptors (Lipinski definition) is 3. The molecule has 0 bridgehead atoms. The Balaban J connectivity index is 1.65. The van der Waals surface area contributed by atoms with Crippen LogP contribution in [-0.4, -0.2) is 11.1 Å². The highest BCUT2D eigenvalue weighted by Crippen LogP contribution is 2.24. The monoisotopic (exact) mass is 297 g/mol. The highest BCUT2D eigenvalue weighted by Gasteiger charge is 2.01. The van der Waals surface area contributed by atoms with Gasteiger partial charge in [-0.1, -0.05) is 24.3 Å². The molecule has 0 aliphatic heterocycles. The lowest BCUT2D eigenvalue weighted by atomic mass is 10.1. The van der Waals surface area contributed by atoms with Crippen LogP contribution >= 0.6 is 11.3 Å². The average molecular weight is 297 g/mol. The van der Waals surface area contributed by atoms with Crippen LogP contribution in [0.4, 0.5) is 5.69 Å². The summed E-state index contributed by atoms with van der Waals surface area (Å²) in [5.74, 6) is -0.801. The molecule has 2 N–H and O–H groups in total. The van der Waals surface area contributed by atoms with E-state index < -0.39 is 5.97 Å². The molecule has 21 heavy (non-hydrogen) atoms. The van der Waals surface area contributed by atoms with Crippen LogP contribution in [0.3, 0.4) is 0 Å². The van der Waals surface area contributed by atoms with E-state index in [1.165, 1.54) is 10.1 Å². The first-order valence-corrected chi connectivity index (χ1v) is 7.59. The minimum atomic E-state index is -0.801. The topological polar surface area (TPSA) is 49.3 Å². The number of anilines is 1. The van der Waals surface area contributed by atoms with Gasteiger partial charge in [-0.25, -0.2) is 0 Å². The van der Waals surface area contributed by atoms with Gasteiger partial charge in [-0.05, 0) is 46.2 Å². The number of rotatable bonds is 5. The van der Waals surface area contributed by atoms with E-state index >= 15 is 0 Å². The lowest BCUT2D eigenvalue weighted by molar-refractivity contribution is -0.136. The Bertz CT molecular complexity index is 762. The van der Waals surface area contributed by atoms with Gasteiger partial charge in [-0.15, -0.1) is 11.3 Å². The molecule has 0 aliphatic rings. The van der Waals surface area contributed by atoms with Gasteiger partial charge < -0.3 is 10.4 Å². The highest BCUT2D eigenvalue weighted by atomic mass is 32.1. The van der Waals surface area contributed by atoms with Crippen molar-refractivity contribution < 1.29 is 9.90 Å². The standard InChI is InChI=1S/C17H15NO2S/c19-17(20)9-12-1-3-13(4-2-12)11-18-15-5-6-16-14(10-15)7-8-21-16/h1-8,10,18H,9,11H2,(H,19,20). The fourth-order valence-corrected chi connectivity index (χ4v) is 3.00. The summed E-state index contributed by atoms with van der Waals surface area (Å²) in [5.41, 5.74) is 3.05. The summed E-state index contributed by atoms with van der Waals surface area (Å²) >= 11 is 1.74. The highest BCUT2D eigenvalue weighted by molar-refractivity contribution is 7.17. The van der Waals surface area contributed by atoms with Crippen molar-refractivity contribution in [1.82, 2.24) is 0 Å². The van der Waals surface area contributed by atoms with E-state index in [1.807, 2.05) is 24.3 Å². The molecule has 3 nitrogen and oxygen atoms in total. The van der Waals surface area contributed by atoms with Crippen molar-refractivity contribution in [2.24, 2.45) is 0 Å². The van der Waals surface area contributed by atoms with Crippen LogP contribution in [0.1, 0.15) is 11.1 Å². The van der Waals surface area contributed by atoms with Crippen LogP contribution in [0.15, 0.2) is 53.9 Å². The van der Waals surface area contributed by atoms with Gasteiger partial charge in [-0.2, -0.15) is 0 Å². The molecule has 2 aromatic carbocycles. The van der Waals surface area contributed by atoms with Crippen molar-refractivity contribution in [1.29, 1.82) is 0 Å². The molecule has 0 radical (unpaired) electrons. The molecule has 0 spiro atoms. The van der Waals surface area contributed by atoms with E-state index in [0.717, 1.165) is 23.4 Å². The number of hydrogen-bond donors (Lipinski definition) is 2. The van der Waals surface area contributed by atoms with Gasteiger partial charge in [0.15, 0.2) is 0 Å². The quantitative estimate of drug-likeness (QED) is 0.744. The number of carboxylic acid groups (broad SMARTS) is 1. The number of thiophene rings is 1. The van der Waals surface area contributed by atoms with Gasteiger partial charge in [0.25, 0.3) is 0 Å². The van der Waals surface area contributed by atoms with Gasteiger partial charge in [0.2, 0.25) is 0 Å². The van der Waals surface area contributed by atoms with Crippen LogP contribution in [0.2, 0.25) is 0 Å². The molecule has 0 saturated heterocycles. The summed E-state index contributed by atoms with van der Waals surface area (Å²) in [6.45, 7) is 0.725. The zero-order valence-electron chi connectivity index (χ0n) is 11.4. The second-order valence-corrected chi connectivity index (χ2v) is 5.86. The van der Waals surface area contributed by atoms with Crippen molar-refractivity contribution in [2.75, 3.05) is 5.32 Å². The smallest absolute Gasteiger partial charge is 0.307 e. The third-order valence-corrected chi connectivity index (χ3v) is 4.23. The Morgan fingerprint density at radius 1 is 1.05 bits per heavy atom. The molecule has 1 aromatic heterocycles. The molecular weight excluding hydrogens is 282 g/mol. The summed E-state index contributed by atoms with van der Waals surface area (Å²) in [5, 5.41) is 15.5. The average Bonchev–Trinajstić information content (AvgIpc) is 2.93. The SMILES string of the molecule is O=C(O)Cc1ccc(CNc2ccc3sccc3c2)cc1. The molecule has 3 aromatic rings. The predicted octanol–water partition coefficient (Wildman–Crippen LogP) is 4.14.